The van der Waals surface area contributed by atoms with Gasteiger partial charge in [0.1, 0.15) is 6.10 Å². The van der Waals surface area contributed by atoms with E-state index >= 15 is 0 Å². The number of aromatic nitrogens is 1. The maximum absolute atomic E-state index is 10.6. The summed E-state index contributed by atoms with van der Waals surface area (Å²) in [4.78, 5) is 4.30. The number of rotatable bonds is 2. The molecule has 20 heavy (non-hydrogen) atoms. The second-order valence-electron chi connectivity index (χ2n) is 4.88. The Balaban J connectivity index is 2.07. The van der Waals surface area contributed by atoms with E-state index in [-0.39, 0.29) is 0 Å². The van der Waals surface area contributed by atoms with Crippen LogP contribution < -0.4 is 0 Å². The third-order valence-corrected chi connectivity index (χ3v) is 4.11. The van der Waals surface area contributed by atoms with E-state index in [0.717, 1.165) is 32.1 Å². The number of hydrogen-bond donors (Lipinski definition) is 1. The van der Waals surface area contributed by atoms with Gasteiger partial charge in [-0.25, -0.2) is 0 Å². The molecule has 2 aromatic carbocycles. The molecule has 0 aliphatic carbocycles. The van der Waals surface area contributed by atoms with Crippen molar-refractivity contribution in [3.8, 4) is 0 Å². The van der Waals surface area contributed by atoms with Crippen molar-refractivity contribution in [3.05, 3.63) is 75.9 Å². The number of benzene rings is 2. The fraction of sp³-hybridized carbons (Fsp3) is 0.118. The molecule has 1 N–H and O–H groups in total. The van der Waals surface area contributed by atoms with Crippen LogP contribution in [0.25, 0.3) is 10.9 Å². The molecule has 1 heterocycles. The van der Waals surface area contributed by atoms with Crippen LogP contribution in [0.3, 0.4) is 0 Å². The van der Waals surface area contributed by atoms with Gasteiger partial charge >= 0.3 is 0 Å². The van der Waals surface area contributed by atoms with Crippen molar-refractivity contribution in [3.63, 3.8) is 0 Å². The van der Waals surface area contributed by atoms with Crippen LogP contribution in [0.2, 0.25) is 0 Å². The highest BCUT2D eigenvalue weighted by Crippen LogP contribution is 2.30. The Labute approximate surface area is 126 Å². The van der Waals surface area contributed by atoms with E-state index in [1.54, 1.807) is 6.20 Å². The third-order valence-electron chi connectivity index (χ3n) is 3.39. The monoisotopic (exact) mass is 327 g/mol. The average molecular weight is 328 g/mol. The Hall–Kier alpha value is -1.71. The van der Waals surface area contributed by atoms with E-state index in [1.807, 2.05) is 55.5 Å². The molecular formula is C17H14BrNO. The standard InChI is InChI=1S/C17H14BrNO/c1-11-4-6-15(18)14(9-11)17(20)13-5-7-16-12(10-13)3-2-8-19-16/h2-10,17,20H,1H3. The summed E-state index contributed by atoms with van der Waals surface area (Å²) >= 11 is 3.51. The molecule has 3 aromatic rings. The SMILES string of the molecule is Cc1ccc(Br)c(C(O)c2ccc3ncccc3c2)c1. The van der Waals surface area contributed by atoms with Gasteiger partial charge in [0.05, 0.1) is 5.52 Å². The molecule has 1 aromatic heterocycles. The lowest BCUT2D eigenvalue weighted by Gasteiger charge is -2.14. The number of hydrogen-bond acceptors (Lipinski definition) is 2. The lowest BCUT2D eigenvalue weighted by Crippen LogP contribution is -2.01. The maximum Gasteiger partial charge on any atom is 0.105 e. The minimum Gasteiger partial charge on any atom is -0.384 e. The number of aryl methyl sites for hydroxylation is 1. The van der Waals surface area contributed by atoms with Crippen molar-refractivity contribution in [2.75, 3.05) is 0 Å². The van der Waals surface area contributed by atoms with Crippen LogP contribution in [-0.2, 0) is 0 Å². The number of pyridine rings is 1. The summed E-state index contributed by atoms with van der Waals surface area (Å²) in [6.07, 6.45) is 1.13. The predicted molar refractivity (Wildman–Crippen MR) is 84.7 cm³/mol. The molecule has 0 amide bonds. The minimum absolute atomic E-state index is 0.645. The average Bonchev–Trinajstić information content (AvgIpc) is 2.48. The van der Waals surface area contributed by atoms with Gasteiger partial charge in [0.25, 0.3) is 0 Å². The molecule has 0 aliphatic heterocycles. The van der Waals surface area contributed by atoms with Gasteiger partial charge in [0, 0.05) is 16.1 Å². The molecule has 0 saturated carbocycles. The molecule has 0 radical (unpaired) electrons. The van der Waals surface area contributed by atoms with Crippen molar-refractivity contribution in [1.82, 2.24) is 4.98 Å². The van der Waals surface area contributed by atoms with E-state index in [9.17, 15) is 5.11 Å². The van der Waals surface area contributed by atoms with Crippen molar-refractivity contribution < 1.29 is 5.11 Å². The van der Waals surface area contributed by atoms with Crippen molar-refractivity contribution in [2.24, 2.45) is 0 Å². The second-order valence-corrected chi connectivity index (χ2v) is 5.74. The first-order valence-electron chi connectivity index (χ1n) is 6.44. The summed E-state index contributed by atoms with van der Waals surface area (Å²) in [5.41, 5.74) is 3.82. The highest BCUT2D eigenvalue weighted by atomic mass is 79.9. The van der Waals surface area contributed by atoms with Crippen LogP contribution in [0, 0.1) is 6.92 Å². The summed E-state index contributed by atoms with van der Waals surface area (Å²) in [5, 5.41) is 11.6. The smallest absolute Gasteiger partial charge is 0.105 e. The van der Waals surface area contributed by atoms with Gasteiger partial charge in [0.15, 0.2) is 0 Å². The largest absolute Gasteiger partial charge is 0.384 e. The van der Waals surface area contributed by atoms with Crippen LogP contribution in [0.4, 0.5) is 0 Å². The van der Waals surface area contributed by atoms with Crippen LogP contribution in [0.5, 0.6) is 0 Å². The number of aliphatic hydroxyl groups is 1. The number of nitrogens with zero attached hydrogens (tertiary/aromatic N) is 1. The number of halogens is 1. The highest BCUT2D eigenvalue weighted by molar-refractivity contribution is 9.10. The predicted octanol–water partition coefficient (Wildman–Crippen LogP) is 4.39. The van der Waals surface area contributed by atoms with E-state index in [1.165, 1.54) is 0 Å². The molecule has 1 atom stereocenters. The zero-order valence-corrected chi connectivity index (χ0v) is 12.6. The van der Waals surface area contributed by atoms with Crippen LogP contribution in [-0.4, -0.2) is 10.1 Å². The zero-order valence-electron chi connectivity index (χ0n) is 11.0. The molecule has 0 saturated heterocycles. The maximum atomic E-state index is 10.6. The molecule has 0 bridgehead atoms. The molecule has 0 fully saturated rings. The first kappa shape index (κ1) is 13.3. The normalized spacial score (nSPS) is 12.6. The van der Waals surface area contributed by atoms with Crippen LogP contribution >= 0.6 is 15.9 Å². The molecule has 3 rings (SSSR count). The molecule has 1 unspecified atom stereocenters. The number of aliphatic hydroxyl groups excluding tert-OH is 1. The van der Waals surface area contributed by atoms with Gasteiger partial charge in [-0.05, 0) is 42.3 Å². The third kappa shape index (κ3) is 2.47. The summed E-state index contributed by atoms with van der Waals surface area (Å²) in [6.45, 7) is 2.02. The fourth-order valence-electron chi connectivity index (χ4n) is 2.32. The van der Waals surface area contributed by atoms with Gasteiger partial charge < -0.3 is 5.11 Å². The highest BCUT2D eigenvalue weighted by Gasteiger charge is 2.14. The number of fused-ring (bicyclic) bond motifs is 1. The zero-order chi connectivity index (χ0) is 14.1. The second kappa shape index (κ2) is 5.35. The van der Waals surface area contributed by atoms with E-state index in [2.05, 4.69) is 20.9 Å². The van der Waals surface area contributed by atoms with E-state index < -0.39 is 6.10 Å². The Bertz CT molecular complexity index is 770. The Morgan fingerprint density at radius 1 is 1.10 bits per heavy atom. The van der Waals surface area contributed by atoms with Gasteiger partial charge in [-0.15, -0.1) is 0 Å². The van der Waals surface area contributed by atoms with Gasteiger partial charge in [0.2, 0.25) is 0 Å². The van der Waals surface area contributed by atoms with Gasteiger partial charge in [-0.3, -0.25) is 4.98 Å². The molecule has 100 valence electrons. The fourth-order valence-corrected chi connectivity index (χ4v) is 2.78. The van der Waals surface area contributed by atoms with Crippen molar-refractivity contribution in [2.45, 2.75) is 13.0 Å². The molecule has 0 spiro atoms. The van der Waals surface area contributed by atoms with Crippen molar-refractivity contribution in [1.29, 1.82) is 0 Å². The minimum atomic E-state index is -0.645. The lowest BCUT2D eigenvalue weighted by atomic mass is 9.98. The quantitative estimate of drug-likeness (QED) is 0.757. The first-order chi connectivity index (χ1) is 9.65. The Morgan fingerprint density at radius 3 is 2.80 bits per heavy atom. The summed E-state index contributed by atoms with van der Waals surface area (Å²) < 4.78 is 0.918. The molecular weight excluding hydrogens is 314 g/mol. The van der Waals surface area contributed by atoms with E-state index in [0.29, 0.717) is 0 Å². The molecule has 3 heteroatoms. The molecule has 2 nitrogen and oxygen atoms in total. The Morgan fingerprint density at radius 2 is 1.95 bits per heavy atom. The Kier molecular flexibility index (Phi) is 3.55. The lowest BCUT2D eigenvalue weighted by molar-refractivity contribution is 0.219. The van der Waals surface area contributed by atoms with Crippen molar-refractivity contribution >= 4 is 26.8 Å². The summed E-state index contributed by atoms with van der Waals surface area (Å²) in [5.74, 6) is 0. The summed E-state index contributed by atoms with van der Waals surface area (Å²) in [7, 11) is 0. The van der Waals surface area contributed by atoms with Gasteiger partial charge in [-0.2, -0.15) is 0 Å². The first-order valence-corrected chi connectivity index (χ1v) is 7.23. The van der Waals surface area contributed by atoms with Crippen LogP contribution in [0.15, 0.2) is 59.2 Å². The molecule has 0 aliphatic rings. The van der Waals surface area contributed by atoms with Crippen LogP contribution in [0.1, 0.15) is 22.8 Å². The van der Waals surface area contributed by atoms with Gasteiger partial charge in [-0.1, -0.05) is 45.8 Å². The van der Waals surface area contributed by atoms with E-state index in [4.69, 9.17) is 0 Å². The topological polar surface area (TPSA) is 33.1 Å². The summed E-state index contributed by atoms with van der Waals surface area (Å²) in [6, 6.07) is 15.8.